The highest BCUT2D eigenvalue weighted by Crippen LogP contribution is 2.40. The van der Waals surface area contributed by atoms with Crippen LogP contribution in [0.5, 0.6) is 11.5 Å². The molecule has 0 bridgehead atoms. The van der Waals surface area contributed by atoms with Crippen molar-refractivity contribution in [3.05, 3.63) is 106 Å². The molecule has 39 heavy (non-hydrogen) atoms. The largest absolute Gasteiger partial charge is 0.492 e. The summed E-state index contributed by atoms with van der Waals surface area (Å²) in [7, 11) is 0. The van der Waals surface area contributed by atoms with Crippen LogP contribution in [0, 0.1) is 6.92 Å². The van der Waals surface area contributed by atoms with E-state index in [1.807, 2.05) is 79.0 Å². The van der Waals surface area contributed by atoms with Gasteiger partial charge in [0.2, 0.25) is 0 Å². The lowest BCUT2D eigenvalue weighted by molar-refractivity contribution is 0.135. The van der Waals surface area contributed by atoms with Crippen LogP contribution in [0.3, 0.4) is 0 Å². The number of carbonyl (C=O) groups excluding carboxylic acids is 1. The molecule has 1 aliphatic heterocycles. The van der Waals surface area contributed by atoms with Gasteiger partial charge < -0.3 is 19.8 Å². The topological polar surface area (TPSA) is 79.5 Å². The number of hydrogen-bond acceptors (Lipinski definition) is 6. The number of amides is 1. The number of aromatic nitrogens is 2. The lowest BCUT2D eigenvalue weighted by atomic mass is 9.92. The molecule has 2 aromatic heterocycles. The molecule has 6 rings (SSSR count). The number of aromatic amines is 1. The first-order chi connectivity index (χ1) is 19.0. The van der Waals surface area contributed by atoms with Crippen molar-refractivity contribution in [1.82, 2.24) is 14.9 Å². The molecule has 0 saturated heterocycles. The second kappa shape index (κ2) is 11.0. The summed E-state index contributed by atoms with van der Waals surface area (Å²) >= 11 is 7.89. The van der Waals surface area contributed by atoms with Crippen LogP contribution in [0.15, 0.2) is 78.3 Å². The normalized spacial score (nSPS) is 14.7. The number of aryl methyl sites for hydroxylation is 1. The SMILES string of the molecule is Cc1ccc(OC(=O)N2CCc3c([nH]c4ccc(Cl)cc34)[C@@H]2c2ccc(OCCNc3nccs3)cc2)cc1. The van der Waals surface area contributed by atoms with Gasteiger partial charge in [-0.3, -0.25) is 4.90 Å². The van der Waals surface area contributed by atoms with Crippen molar-refractivity contribution in [2.75, 3.05) is 25.0 Å². The first-order valence-electron chi connectivity index (χ1n) is 12.8. The molecule has 0 radical (unpaired) electrons. The third kappa shape index (κ3) is 5.44. The first-order valence-corrected chi connectivity index (χ1v) is 14.0. The molecule has 9 heteroatoms. The van der Waals surface area contributed by atoms with Gasteiger partial charge in [-0.1, -0.05) is 41.4 Å². The minimum atomic E-state index is -0.389. The standard InChI is InChI=1S/C30H27ClN4O3S/c1-19-2-7-23(8-3-19)38-30(36)35-15-12-24-25-18-21(31)6-11-26(25)34-27(24)28(35)20-4-9-22(10-5-20)37-16-13-32-29-33-14-17-39-29/h2-11,14,17-18,28,34H,12-13,15-16H2,1H3,(H,32,33)/t28-/m0/s1. The maximum absolute atomic E-state index is 13.5. The maximum atomic E-state index is 13.5. The molecular formula is C30H27ClN4O3S. The van der Waals surface area contributed by atoms with Gasteiger partial charge in [0.05, 0.1) is 6.54 Å². The van der Waals surface area contributed by atoms with Crippen LogP contribution in [-0.4, -0.2) is 40.7 Å². The van der Waals surface area contributed by atoms with E-state index in [1.165, 1.54) is 5.56 Å². The Morgan fingerprint density at radius 2 is 1.92 bits per heavy atom. The van der Waals surface area contributed by atoms with Gasteiger partial charge in [-0.25, -0.2) is 9.78 Å². The third-order valence-corrected chi connectivity index (χ3v) is 7.79. The minimum absolute atomic E-state index is 0.349. The number of ether oxygens (including phenoxy) is 2. The van der Waals surface area contributed by atoms with E-state index in [0.717, 1.165) is 38.6 Å². The van der Waals surface area contributed by atoms with Crippen LogP contribution in [0.2, 0.25) is 5.02 Å². The van der Waals surface area contributed by atoms with Gasteiger partial charge in [0.15, 0.2) is 5.13 Å². The highest BCUT2D eigenvalue weighted by atomic mass is 35.5. The number of fused-ring (bicyclic) bond motifs is 3. The molecule has 0 saturated carbocycles. The Hall–Kier alpha value is -4.01. The molecule has 198 valence electrons. The summed E-state index contributed by atoms with van der Waals surface area (Å²) in [6, 6.07) is 20.9. The second-order valence-electron chi connectivity index (χ2n) is 9.42. The monoisotopic (exact) mass is 558 g/mol. The number of H-pyrrole nitrogens is 1. The fraction of sp³-hybridized carbons (Fsp3) is 0.200. The summed E-state index contributed by atoms with van der Waals surface area (Å²) in [5, 5.41) is 7.82. The molecular weight excluding hydrogens is 532 g/mol. The number of rotatable bonds is 7. The quantitative estimate of drug-likeness (QED) is 0.206. The predicted molar refractivity (Wildman–Crippen MR) is 155 cm³/mol. The first kappa shape index (κ1) is 25.3. The molecule has 0 unspecified atom stereocenters. The van der Waals surface area contributed by atoms with E-state index >= 15 is 0 Å². The van der Waals surface area contributed by atoms with E-state index in [9.17, 15) is 4.79 Å². The number of anilines is 1. The van der Waals surface area contributed by atoms with E-state index in [4.69, 9.17) is 21.1 Å². The summed E-state index contributed by atoms with van der Waals surface area (Å²) in [6.07, 6.45) is 2.08. The molecule has 1 aliphatic rings. The Morgan fingerprint density at radius 1 is 1.13 bits per heavy atom. The zero-order valence-electron chi connectivity index (χ0n) is 21.3. The fourth-order valence-electron chi connectivity index (χ4n) is 4.95. The lowest BCUT2D eigenvalue weighted by Crippen LogP contribution is -2.42. The van der Waals surface area contributed by atoms with Crippen molar-refractivity contribution >= 4 is 45.1 Å². The minimum Gasteiger partial charge on any atom is -0.492 e. The molecule has 1 atom stereocenters. The highest BCUT2D eigenvalue weighted by molar-refractivity contribution is 7.13. The molecule has 2 N–H and O–H groups in total. The van der Waals surface area contributed by atoms with E-state index in [0.29, 0.717) is 36.9 Å². The number of benzene rings is 3. The van der Waals surface area contributed by atoms with Crippen LogP contribution < -0.4 is 14.8 Å². The number of carbonyl (C=O) groups is 1. The molecule has 7 nitrogen and oxygen atoms in total. The molecule has 1 amide bonds. The summed E-state index contributed by atoms with van der Waals surface area (Å²) in [5.74, 6) is 1.28. The smallest absolute Gasteiger partial charge is 0.416 e. The van der Waals surface area contributed by atoms with Crippen molar-refractivity contribution in [3.8, 4) is 11.5 Å². The molecule has 5 aromatic rings. The summed E-state index contributed by atoms with van der Waals surface area (Å²) in [4.78, 5) is 23.1. The van der Waals surface area contributed by atoms with Gasteiger partial charge in [-0.15, -0.1) is 11.3 Å². The Balaban J connectivity index is 1.26. The molecule has 3 aromatic carbocycles. The van der Waals surface area contributed by atoms with Gasteiger partial charge in [-0.05, 0) is 66.9 Å². The predicted octanol–water partition coefficient (Wildman–Crippen LogP) is 7.22. The van der Waals surface area contributed by atoms with Crippen molar-refractivity contribution in [2.24, 2.45) is 0 Å². The molecule has 3 heterocycles. The number of halogens is 1. The van der Waals surface area contributed by atoms with Crippen molar-refractivity contribution in [1.29, 1.82) is 0 Å². The summed E-state index contributed by atoms with van der Waals surface area (Å²) < 4.78 is 11.7. The van der Waals surface area contributed by atoms with Crippen LogP contribution in [0.1, 0.15) is 28.4 Å². The number of hydrogen-bond donors (Lipinski definition) is 2. The van der Waals surface area contributed by atoms with Gasteiger partial charge in [-0.2, -0.15) is 0 Å². The average molecular weight is 559 g/mol. The Bertz CT molecular complexity index is 1580. The van der Waals surface area contributed by atoms with Crippen LogP contribution in [0.25, 0.3) is 10.9 Å². The maximum Gasteiger partial charge on any atom is 0.416 e. The second-order valence-corrected chi connectivity index (χ2v) is 10.7. The van der Waals surface area contributed by atoms with Gasteiger partial charge in [0.25, 0.3) is 0 Å². The van der Waals surface area contributed by atoms with E-state index in [2.05, 4.69) is 15.3 Å². The average Bonchev–Trinajstić information content (AvgIpc) is 3.60. The Morgan fingerprint density at radius 3 is 2.69 bits per heavy atom. The highest BCUT2D eigenvalue weighted by Gasteiger charge is 2.35. The van der Waals surface area contributed by atoms with Crippen LogP contribution >= 0.6 is 22.9 Å². The van der Waals surface area contributed by atoms with Crippen molar-refractivity contribution in [3.63, 3.8) is 0 Å². The summed E-state index contributed by atoms with van der Waals surface area (Å²) in [5.41, 5.74) is 5.21. The van der Waals surface area contributed by atoms with E-state index in [-0.39, 0.29) is 12.1 Å². The van der Waals surface area contributed by atoms with Gasteiger partial charge in [0.1, 0.15) is 24.1 Å². The van der Waals surface area contributed by atoms with Crippen LogP contribution in [-0.2, 0) is 6.42 Å². The number of nitrogens with zero attached hydrogens (tertiary/aromatic N) is 2. The number of nitrogens with one attached hydrogen (secondary N) is 2. The van der Waals surface area contributed by atoms with E-state index in [1.54, 1.807) is 22.4 Å². The Kier molecular flexibility index (Phi) is 7.13. The van der Waals surface area contributed by atoms with Crippen LogP contribution in [0.4, 0.5) is 9.93 Å². The lowest BCUT2D eigenvalue weighted by Gasteiger charge is -2.35. The van der Waals surface area contributed by atoms with Gasteiger partial charge >= 0.3 is 6.09 Å². The van der Waals surface area contributed by atoms with Crippen molar-refractivity contribution < 1.29 is 14.3 Å². The fourth-order valence-corrected chi connectivity index (χ4v) is 5.68. The molecule has 0 fully saturated rings. The molecule has 0 spiro atoms. The van der Waals surface area contributed by atoms with Gasteiger partial charge in [0, 0.05) is 39.7 Å². The zero-order valence-corrected chi connectivity index (χ0v) is 22.9. The third-order valence-electron chi connectivity index (χ3n) is 6.82. The summed E-state index contributed by atoms with van der Waals surface area (Å²) in [6.45, 7) is 3.67. The van der Waals surface area contributed by atoms with E-state index < -0.39 is 0 Å². The number of thiazole rings is 1. The van der Waals surface area contributed by atoms with Crippen molar-refractivity contribution in [2.45, 2.75) is 19.4 Å². The zero-order chi connectivity index (χ0) is 26.8. The molecule has 0 aliphatic carbocycles. The Labute approximate surface area is 235 Å².